The van der Waals surface area contributed by atoms with E-state index in [2.05, 4.69) is 22.4 Å². The number of rotatable bonds is 6. The van der Waals surface area contributed by atoms with Crippen molar-refractivity contribution in [1.82, 2.24) is 10.2 Å². The number of carbonyl (C=O) groups excluding carboxylic acids is 1. The van der Waals surface area contributed by atoms with E-state index in [1.807, 2.05) is 30.3 Å². The average Bonchev–Trinajstić information content (AvgIpc) is 3.37. The minimum atomic E-state index is -0.393. The summed E-state index contributed by atoms with van der Waals surface area (Å²) in [5.74, 6) is 1.57. The van der Waals surface area contributed by atoms with Gasteiger partial charge in [0, 0.05) is 11.3 Å². The van der Waals surface area contributed by atoms with Crippen molar-refractivity contribution in [1.29, 1.82) is 0 Å². The summed E-state index contributed by atoms with van der Waals surface area (Å²) in [6.45, 7) is 4.09. The van der Waals surface area contributed by atoms with Crippen LogP contribution in [0.3, 0.4) is 0 Å². The Hall–Kier alpha value is -3.00. The summed E-state index contributed by atoms with van der Waals surface area (Å²) in [5.41, 5.74) is 2.72. The topological polar surface area (TPSA) is 86.5 Å². The Morgan fingerprint density at radius 2 is 1.93 bits per heavy atom. The van der Waals surface area contributed by atoms with E-state index in [9.17, 15) is 4.79 Å². The number of ether oxygens (including phenoxy) is 2. The first-order chi connectivity index (χ1) is 13.6. The highest BCUT2D eigenvalue weighted by Gasteiger charge is 2.20. The zero-order valence-electron chi connectivity index (χ0n) is 15.5. The van der Waals surface area contributed by atoms with Gasteiger partial charge in [-0.25, -0.2) is 0 Å². The minimum absolute atomic E-state index is 0.128. The Morgan fingerprint density at radius 3 is 2.71 bits per heavy atom. The molecule has 0 saturated heterocycles. The number of anilines is 1. The molecule has 2 aromatic carbocycles. The van der Waals surface area contributed by atoms with Crippen LogP contribution in [0.25, 0.3) is 11.5 Å². The van der Waals surface area contributed by atoms with Crippen LogP contribution < -0.4 is 14.8 Å². The van der Waals surface area contributed by atoms with Crippen molar-refractivity contribution in [2.75, 3.05) is 12.1 Å². The maximum absolute atomic E-state index is 12.4. The van der Waals surface area contributed by atoms with Gasteiger partial charge < -0.3 is 19.2 Å². The zero-order chi connectivity index (χ0) is 19.5. The molecule has 0 radical (unpaired) electrons. The van der Waals surface area contributed by atoms with Crippen molar-refractivity contribution in [2.24, 2.45) is 0 Å². The van der Waals surface area contributed by atoms with Crippen LogP contribution in [0.15, 0.2) is 52.1 Å². The molecule has 1 atom stereocenters. The number of hydrogen-bond acceptors (Lipinski definition) is 7. The molecule has 0 bridgehead atoms. The highest BCUT2D eigenvalue weighted by atomic mass is 32.2. The summed E-state index contributed by atoms with van der Waals surface area (Å²) in [6, 6.07) is 13.2. The van der Waals surface area contributed by atoms with Gasteiger partial charge >= 0.3 is 0 Å². The maximum atomic E-state index is 12.4. The van der Waals surface area contributed by atoms with Crippen molar-refractivity contribution in [3.63, 3.8) is 0 Å². The Kier molecular flexibility index (Phi) is 5.21. The van der Waals surface area contributed by atoms with Crippen molar-refractivity contribution in [2.45, 2.75) is 30.7 Å². The van der Waals surface area contributed by atoms with Crippen molar-refractivity contribution >= 4 is 23.4 Å². The van der Waals surface area contributed by atoms with E-state index >= 15 is 0 Å². The number of thioether (sulfide) groups is 1. The van der Waals surface area contributed by atoms with Crippen molar-refractivity contribution in [3.8, 4) is 23.0 Å². The van der Waals surface area contributed by atoms with Crippen LogP contribution in [0.4, 0.5) is 5.69 Å². The number of amides is 1. The quantitative estimate of drug-likeness (QED) is 0.625. The second-order valence-corrected chi connectivity index (χ2v) is 7.53. The van der Waals surface area contributed by atoms with Gasteiger partial charge in [0.15, 0.2) is 11.5 Å². The van der Waals surface area contributed by atoms with E-state index in [4.69, 9.17) is 13.9 Å². The van der Waals surface area contributed by atoms with Gasteiger partial charge in [-0.05, 0) is 49.2 Å². The molecule has 1 aliphatic rings. The van der Waals surface area contributed by atoms with Crippen molar-refractivity contribution < 1.29 is 18.7 Å². The van der Waals surface area contributed by atoms with Gasteiger partial charge in [0.1, 0.15) is 0 Å². The predicted octanol–water partition coefficient (Wildman–Crippen LogP) is 4.15. The van der Waals surface area contributed by atoms with Gasteiger partial charge in [0.2, 0.25) is 18.6 Å². The summed E-state index contributed by atoms with van der Waals surface area (Å²) < 4.78 is 16.4. The Balaban J connectivity index is 1.39. The molecule has 0 fully saturated rings. The lowest BCUT2D eigenvalue weighted by Crippen LogP contribution is -2.22. The lowest BCUT2D eigenvalue weighted by atomic mass is 10.1. The molecule has 8 heteroatoms. The average molecular weight is 397 g/mol. The fourth-order valence-electron chi connectivity index (χ4n) is 2.68. The van der Waals surface area contributed by atoms with Crippen LogP contribution in [0.5, 0.6) is 11.5 Å². The lowest BCUT2D eigenvalue weighted by molar-refractivity contribution is -0.115. The largest absolute Gasteiger partial charge is 0.454 e. The highest BCUT2D eigenvalue weighted by molar-refractivity contribution is 8.00. The SMILES string of the molecule is CCc1ccc(NC(=O)[C@@H](C)Sc2nnc(-c3ccc4c(c3)OCO4)o2)cc1. The molecule has 0 saturated carbocycles. The summed E-state index contributed by atoms with van der Waals surface area (Å²) >= 11 is 1.21. The van der Waals surface area contributed by atoms with Crippen LogP contribution in [0.2, 0.25) is 0 Å². The van der Waals surface area contributed by atoms with Gasteiger partial charge in [-0.15, -0.1) is 10.2 Å². The lowest BCUT2D eigenvalue weighted by Gasteiger charge is -2.10. The standard InChI is InChI=1S/C20H19N3O4S/c1-3-13-4-7-15(8-5-13)21-18(24)12(2)28-20-23-22-19(27-20)14-6-9-16-17(10-14)26-11-25-16/h4-10,12H,3,11H2,1-2H3,(H,21,24)/t12-/m1/s1. The number of hydrogen-bond donors (Lipinski definition) is 1. The summed E-state index contributed by atoms with van der Waals surface area (Å²) in [7, 11) is 0. The first kappa shape index (κ1) is 18.4. The van der Waals surface area contributed by atoms with E-state index in [0.29, 0.717) is 22.6 Å². The first-order valence-corrected chi connectivity index (χ1v) is 9.80. The number of benzene rings is 2. The monoisotopic (exact) mass is 397 g/mol. The molecule has 144 valence electrons. The van der Waals surface area contributed by atoms with Gasteiger partial charge in [-0.2, -0.15) is 0 Å². The van der Waals surface area contributed by atoms with Gasteiger partial charge in [0.25, 0.3) is 5.22 Å². The smallest absolute Gasteiger partial charge is 0.277 e. The van der Waals surface area contributed by atoms with Crippen LogP contribution in [-0.2, 0) is 11.2 Å². The molecule has 7 nitrogen and oxygen atoms in total. The summed E-state index contributed by atoms with van der Waals surface area (Å²) in [5, 5.41) is 10.9. The first-order valence-electron chi connectivity index (χ1n) is 8.92. The van der Waals surface area contributed by atoms with E-state index in [1.54, 1.807) is 19.1 Å². The molecule has 1 amide bonds. The molecule has 4 rings (SSSR count). The number of nitrogens with one attached hydrogen (secondary N) is 1. The van der Waals surface area contributed by atoms with E-state index in [1.165, 1.54) is 17.3 Å². The minimum Gasteiger partial charge on any atom is -0.454 e. The van der Waals surface area contributed by atoms with Crippen LogP contribution >= 0.6 is 11.8 Å². The van der Waals surface area contributed by atoms with Gasteiger partial charge in [-0.3, -0.25) is 4.79 Å². The molecule has 3 aromatic rings. The predicted molar refractivity (Wildman–Crippen MR) is 106 cm³/mol. The fraction of sp³-hybridized carbons (Fsp3) is 0.250. The molecular formula is C20H19N3O4S. The molecule has 1 aliphatic heterocycles. The van der Waals surface area contributed by atoms with Crippen LogP contribution in [-0.4, -0.2) is 28.1 Å². The van der Waals surface area contributed by atoms with Gasteiger partial charge in [0.05, 0.1) is 5.25 Å². The number of nitrogens with zero attached hydrogens (tertiary/aromatic N) is 2. The third-order valence-corrected chi connectivity index (χ3v) is 5.24. The normalized spacial score (nSPS) is 13.4. The molecular weight excluding hydrogens is 378 g/mol. The Morgan fingerprint density at radius 1 is 1.14 bits per heavy atom. The van der Waals surface area contributed by atoms with Gasteiger partial charge in [-0.1, -0.05) is 30.8 Å². The maximum Gasteiger partial charge on any atom is 0.277 e. The number of carbonyl (C=O) groups is 1. The fourth-order valence-corrected chi connectivity index (χ4v) is 3.36. The molecule has 1 aromatic heterocycles. The van der Waals surface area contributed by atoms with Crippen molar-refractivity contribution in [3.05, 3.63) is 48.0 Å². The molecule has 0 spiro atoms. The molecule has 28 heavy (non-hydrogen) atoms. The van der Waals surface area contributed by atoms with E-state index in [-0.39, 0.29) is 12.7 Å². The third-order valence-electron chi connectivity index (χ3n) is 4.30. The summed E-state index contributed by atoms with van der Waals surface area (Å²) in [6.07, 6.45) is 0.962. The highest BCUT2D eigenvalue weighted by Crippen LogP contribution is 2.36. The van der Waals surface area contributed by atoms with Crippen LogP contribution in [0.1, 0.15) is 19.4 Å². The third kappa shape index (κ3) is 3.96. The zero-order valence-corrected chi connectivity index (χ0v) is 16.3. The number of aromatic nitrogens is 2. The van der Waals surface area contributed by atoms with Crippen LogP contribution in [0, 0.1) is 0 Å². The molecule has 0 aliphatic carbocycles. The summed E-state index contributed by atoms with van der Waals surface area (Å²) in [4.78, 5) is 12.4. The van der Waals surface area contributed by atoms with E-state index < -0.39 is 5.25 Å². The Bertz CT molecular complexity index is 987. The van der Waals surface area contributed by atoms with E-state index in [0.717, 1.165) is 17.7 Å². The second-order valence-electron chi connectivity index (χ2n) is 6.24. The molecule has 1 N–H and O–H groups in total. The Labute approximate surface area is 166 Å². The second kappa shape index (κ2) is 7.93. The number of aryl methyl sites for hydroxylation is 1. The number of fused-ring (bicyclic) bond motifs is 1. The molecule has 2 heterocycles. The molecule has 0 unspecified atom stereocenters.